The van der Waals surface area contributed by atoms with Crippen LogP contribution in [-0.2, 0) is 16.0 Å². The Balaban J connectivity index is 2.52. The Kier molecular flexibility index (Phi) is 4.92. The first kappa shape index (κ1) is 15.0. The number of rotatable bonds is 6. The van der Waals surface area contributed by atoms with Crippen LogP contribution in [0.1, 0.15) is 32.3 Å². The van der Waals surface area contributed by atoms with E-state index in [0.717, 1.165) is 0 Å². The number of carbonyl (C=O) groups excluding carboxylic acids is 1. The quantitative estimate of drug-likeness (QED) is 0.730. The Morgan fingerprint density at radius 1 is 1.32 bits per heavy atom. The van der Waals surface area contributed by atoms with Gasteiger partial charge in [0.05, 0.1) is 6.42 Å². The molecule has 0 atom stereocenters. The van der Waals surface area contributed by atoms with Crippen molar-refractivity contribution in [2.24, 2.45) is 0 Å². The third-order valence-electron chi connectivity index (χ3n) is 2.72. The zero-order valence-electron chi connectivity index (χ0n) is 11.1. The van der Waals surface area contributed by atoms with E-state index in [1.54, 1.807) is 26.0 Å². The summed E-state index contributed by atoms with van der Waals surface area (Å²) in [6, 6.07) is 6.50. The Morgan fingerprint density at radius 3 is 2.58 bits per heavy atom. The van der Waals surface area contributed by atoms with Crippen LogP contribution in [0, 0.1) is 0 Å². The highest BCUT2D eigenvalue weighted by molar-refractivity contribution is 5.79. The van der Waals surface area contributed by atoms with Gasteiger partial charge in [0, 0.05) is 12.0 Å². The second kappa shape index (κ2) is 6.22. The molecule has 104 valence electrons. The van der Waals surface area contributed by atoms with E-state index in [4.69, 9.17) is 5.11 Å². The topological polar surface area (TPSA) is 86.6 Å². The van der Waals surface area contributed by atoms with Gasteiger partial charge in [0.1, 0.15) is 5.75 Å². The highest BCUT2D eigenvalue weighted by Gasteiger charge is 2.21. The molecular weight excluding hydrogens is 246 g/mol. The number of hydrogen-bond acceptors (Lipinski definition) is 3. The van der Waals surface area contributed by atoms with Gasteiger partial charge in [-0.15, -0.1) is 0 Å². The molecule has 0 radical (unpaired) electrons. The van der Waals surface area contributed by atoms with Crippen molar-refractivity contribution in [2.45, 2.75) is 38.6 Å². The summed E-state index contributed by atoms with van der Waals surface area (Å²) in [5.41, 5.74) is 0.151. The second-order valence-corrected chi connectivity index (χ2v) is 5.17. The molecule has 0 saturated heterocycles. The molecule has 1 aromatic carbocycles. The minimum absolute atomic E-state index is 0.0133. The van der Waals surface area contributed by atoms with Crippen molar-refractivity contribution in [1.82, 2.24) is 5.32 Å². The lowest BCUT2D eigenvalue weighted by atomic mass is 9.98. The number of phenols is 1. The Labute approximate surface area is 112 Å². The van der Waals surface area contributed by atoms with Crippen molar-refractivity contribution < 1.29 is 19.8 Å². The van der Waals surface area contributed by atoms with Gasteiger partial charge < -0.3 is 15.5 Å². The minimum Gasteiger partial charge on any atom is -0.508 e. The van der Waals surface area contributed by atoms with Crippen molar-refractivity contribution >= 4 is 11.9 Å². The summed E-state index contributed by atoms with van der Waals surface area (Å²) in [7, 11) is 0. The normalized spacial score (nSPS) is 11.1. The van der Waals surface area contributed by atoms with E-state index in [1.165, 1.54) is 12.1 Å². The maximum absolute atomic E-state index is 11.8. The molecule has 5 nitrogen and oxygen atoms in total. The second-order valence-electron chi connectivity index (χ2n) is 5.17. The zero-order valence-corrected chi connectivity index (χ0v) is 11.1. The fraction of sp³-hybridized carbons (Fsp3) is 0.429. The first-order valence-electron chi connectivity index (χ1n) is 6.09. The molecule has 0 unspecified atom stereocenters. The number of carboxylic acids is 1. The molecule has 0 aliphatic rings. The van der Waals surface area contributed by atoms with Crippen molar-refractivity contribution in [2.75, 3.05) is 0 Å². The van der Waals surface area contributed by atoms with E-state index in [9.17, 15) is 14.7 Å². The number of carboxylic acid groups (broad SMARTS) is 1. The smallest absolute Gasteiger partial charge is 0.303 e. The summed E-state index contributed by atoms with van der Waals surface area (Å²) in [6.45, 7) is 3.58. The van der Waals surface area contributed by atoms with Gasteiger partial charge in [-0.3, -0.25) is 9.59 Å². The number of carbonyl (C=O) groups is 2. The lowest BCUT2D eigenvalue weighted by Crippen LogP contribution is -2.44. The molecule has 0 aliphatic carbocycles. The molecule has 1 rings (SSSR count). The van der Waals surface area contributed by atoms with Gasteiger partial charge in [-0.2, -0.15) is 0 Å². The Bertz CT molecular complexity index is 468. The summed E-state index contributed by atoms with van der Waals surface area (Å²) >= 11 is 0. The highest BCUT2D eigenvalue weighted by Crippen LogP contribution is 2.14. The summed E-state index contributed by atoms with van der Waals surface area (Å²) in [5.74, 6) is -0.952. The standard InChI is InChI=1S/C14H19NO4/c1-14(2,7-6-13(18)19)15-12(17)9-10-4-3-5-11(16)8-10/h3-5,8,16H,6-7,9H2,1-2H3,(H,15,17)(H,18,19). The average molecular weight is 265 g/mol. The van der Waals surface area contributed by atoms with E-state index in [0.29, 0.717) is 12.0 Å². The molecule has 1 amide bonds. The highest BCUT2D eigenvalue weighted by atomic mass is 16.4. The lowest BCUT2D eigenvalue weighted by Gasteiger charge is -2.25. The Hall–Kier alpha value is -2.04. The molecule has 0 fully saturated rings. The largest absolute Gasteiger partial charge is 0.508 e. The monoisotopic (exact) mass is 265 g/mol. The summed E-state index contributed by atoms with van der Waals surface area (Å²) in [6.07, 6.45) is 0.540. The number of benzene rings is 1. The summed E-state index contributed by atoms with van der Waals surface area (Å²) in [5, 5.41) is 20.7. The van der Waals surface area contributed by atoms with Gasteiger partial charge in [0.2, 0.25) is 5.91 Å². The van der Waals surface area contributed by atoms with Crippen LogP contribution in [0.4, 0.5) is 0 Å². The molecule has 5 heteroatoms. The predicted octanol–water partition coefficient (Wildman–Crippen LogP) is 1.69. The first-order chi connectivity index (χ1) is 8.78. The number of amides is 1. The van der Waals surface area contributed by atoms with Crippen LogP contribution in [0.2, 0.25) is 0 Å². The van der Waals surface area contributed by atoms with E-state index in [1.807, 2.05) is 0 Å². The van der Waals surface area contributed by atoms with Crippen LogP contribution < -0.4 is 5.32 Å². The van der Waals surface area contributed by atoms with Crippen molar-refractivity contribution in [3.05, 3.63) is 29.8 Å². The van der Waals surface area contributed by atoms with Gasteiger partial charge in [0.25, 0.3) is 0 Å². The van der Waals surface area contributed by atoms with E-state index < -0.39 is 11.5 Å². The maximum Gasteiger partial charge on any atom is 0.303 e. The van der Waals surface area contributed by atoms with Crippen LogP contribution in [0.15, 0.2) is 24.3 Å². The molecule has 0 aromatic heterocycles. The van der Waals surface area contributed by atoms with Gasteiger partial charge in [-0.1, -0.05) is 12.1 Å². The molecule has 19 heavy (non-hydrogen) atoms. The summed E-state index contributed by atoms with van der Waals surface area (Å²) < 4.78 is 0. The summed E-state index contributed by atoms with van der Waals surface area (Å²) in [4.78, 5) is 22.4. The van der Waals surface area contributed by atoms with Crippen molar-refractivity contribution in [1.29, 1.82) is 0 Å². The molecule has 1 aromatic rings. The fourth-order valence-corrected chi connectivity index (χ4v) is 1.76. The van der Waals surface area contributed by atoms with Crippen LogP contribution in [0.3, 0.4) is 0 Å². The molecule has 3 N–H and O–H groups in total. The number of nitrogens with one attached hydrogen (secondary N) is 1. The molecule has 0 bridgehead atoms. The SMILES string of the molecule is CC(C)(CCC(=O)O)NC(=O)Cc1cccc(O)c1. The van der Waals surface area contributed by atoms with Gasteiger partial charge in [-0.05, 0) is 38.0 Å². The molecule has 0 saturated carbocycles. The third kappa shape index (κ3) is 5.90. The van der Waals surface area contributed by atoms with Gasteiger partial charge >= 0.3 is 5.97 Å². The molecule has 0 spiro atoms. The minimum atomic E-state index is -0.879. The van der Waals surface area contributed by atoms with Crippen LogP contribution in [0.25, 0.3) is 0 Å². The fourth-order valence-electron chi connectivity index (χ4n) is 1.76. The van der Waals surface area contributed by atoms with Crippen molar-refractivity contribution in [3.8, 4) is 5.75 Å². The maximum atomic E-state index is 11.8. The van der Waals surface area contributed by atoms with Crippen LogP contribution in [0.5, 0.6) is 5.75 Å². The van der Waals surface area contributed by atoms with Crippen LogP contribution >= 0.6 is 0 Å². The number of phenolic OH excluding ortho intramolecular Hbond substituents is 1. The van der Waals surface area contributed by atoms with E-state index in [-0.39, 0.29) is 24.5 Å². The Morgan fingerprint density at radius 2 is 2.00 bits per heavy atom. The van der Waals surface area contributed by atoms with Gasteiger partial charge in [-0.25, -0.2) is 0 Å². The number of hydrogen-bond donors (Lipinski definition) is 3. The van der Waals surface area contributed by atoms with E-state index >= 15 is 0 Å². The number of aromatic hydroxyl groups is 1. The zero-order chi connectivity index (χ0) is 14.5. The van der Waals surface area contributed by atoms with Crippen molar-refractivity contribution in [3.63, 3.8) is 0 Å². The first-order valence-corrected chi connectivity index (χ1v) is 6.09. The molecular formula is C14H19NO4. The van der Waals surface area contributed by atoms with Crippen LogP contribution in [-0.4, -0.2) is 27.6 Å². The lowest BCUT2D eigenvalue weighted by molar-refractivity contribution is -0.137. The van der Waals surface area contributed by atoms with Gasteiger partial charge in [0.15, 0.2) is 0 Å². The predicted molar refractivity (Wildman–Crippen MR) is 70.9 cm³/mol. The third-order valence-corrected chi connectivity index (χ3v) is 2.72. The van der Waals surface area contributed by atoms with E-state index in [2.05, 4.69) is 5.32 Å². The molecule has 0 aliphatic heterocycles. The average Bonchev–Trinajstić information content (AvgIpc) is 2.25. The molecule has 0 heterocycles. The number of aliphatic carboxylic acids is 1.